The molecule has 0 saturated heterocycles. The van der Waals surface area contributed by atoms with Gasteiger partial charge in [0.05, 0.1) is 11.4 Å². The Labute approximate surface area is 119 Å². The van der Waals surface area contributed by atoms with Gasteiger partial charge in [0.2, 0.25) is 0 Å². The number of hydrogen-bond acceptors (Lipinski definition) is 1. The van der Waals surface area contributed by atoms with Crippen LogP contribution < -0.4 is 0 Å². The molecule has 1 aromatic heterocycles. The van der Waals surface area contributed by atoms with Crippen molar-refractivity contribution >= 4 is 16.9 Å². The molecule has 1 atom stereocenters. The Hall–Kier alpha value is -1.77. The lowest BCUT2D eigenvalue weighted by atomic mass is 9.94. The molecule has 0 radical (unpaired) electrons. The molecule has 1 N–H and O–H groups in total. The molecule has 1 heterocycles. The van der Waals surface area contributed by atoms with Crippen molar-refractivity contribution in [3.8, 4) is 0 Å². The first-order valence-corrected chi connectivity index (χ1v) is 7.50. The van der Waals surface area contributed by atoms with Gasteiger partial charge < -0.3 is 9.67 Å². The van der Waals surface area contributed by atoms with E-state index >= 15 is 0 Å². The summed E-state index contributed by atoms with van der Waals surface area (Å²) in [7, 11) is 0. The van der Waals surface area contributed by atoms with E-state index in [-0.39, 0.29) is 0 Å². The first kappa shape index (κ1) is 13.2. The fraction of sp³-hybridized carbons (Fsp3) is 0.471. The molecule has 106 valence electrons. The lowest BCUT2D eigenvalue weighted by Gasteiger charge is -2.25. The Morgan fingerprint density at radius 2 is 2.00 bits per heavy atom. The SMILES string of the molecule is CC(C(=O)O)c1cccc2ccn(C3CCCCC3)c12. The molecular formula is C17H21NO2. The topological polar surface area (TPSA) is 42.2 Å². The summed E-state index contributed by atoms with van der Waals surface area (Å²) in [6.45, 7) is 1.77. The largest absolute Gasteiger partial charge is 0.481 e. The molecule has 1 fully saturated rings. The molecule has 1 unspecified atom stereocenters. The van der Waals surface area contributed by atoms with Crippen LogP contribution in [-0.2, 0) is 4.79 Å². The number of carboxylic acid groups (broad SMARTS) is 1. The Morgan fingerprint density at radius 3 is 2.70 bits per heavy atom. The monoisotopic (exact) mass is 271 g/mol. The van der Waals surface area contributed by atoms with E-state index in [1.54, 1.807) is 6.92 Å². The minimum absolute atomic E-state index is 0.462. The number of aromatic nitrogens is 1. The predicted molar refractivity (Wildman–Crippen MR) is 80.1 cm³/mol. The predicted octanol–water partition coefficient (Wildman–Crippen LogP) is 4.33. The van der Waals surface area contributed by atoms with Gasteiger partial charge in [-0.15, -0.1) is 0 Å². The third-order valence-electron chi connectivity index (χ3n) is 4.58. The maximum absolute atomic E-state index is 11.3. The van der Waals surface area contributed by atoms with E-state index in [4.69, 9.17) is 0 Å². The van der Waals surface area contributed by atoms with Crippen LogP contribution >= 0.6 is 0 Å². The van der Waals surface area contributed by atoms with Crippen molar-refractivity contribution in [1.82, 2.24) is 4.57 Å². The van der Waals surface area contributed by atoms with Crippen LogP contribution in [0.4, 0.5) is 0 Å². The number of nitrogens with zero attached hydrogens (tertiary/aromatic N) is 1. The Balaban J connectivity index is 2.11. The van der Waals surface area contributed by atoms with E-state index < -0.39 is 11.9 Å². The van der Waals surface area contributed by atoms with Crippen LogP contribution in [0.25, 0.3) is 10.9 Å². The van der Waals surface area contributed by atoms with Gasteiger partial charge in [0, 0.05) is 12.2 Å². The summed E-state index contributed by atoms with van der Waals surface area (Å²) >= 11 is 0. The van der Waals surface area contributed by atoms with Gasteiger partial charge in [-0.1, -0.05) is 37.5 Å². The summed E-state index contributed by atoms with van der Waals surface area (Å²) in [5.74, 6) is -1.22. The minimum Gasteiger partial charge on any atom is -0.481 e. The summed E-state index contributed by atoms with van der Waals surface area (Å²) < 4.78 is 2.32. The van der Waals surface area contributed by atoms with E-state index in [1.165, 1.54) is 32.1 Å². The molecule has 1 saturated carbocycles. The Bertz CT molecular complexity index is 623. The summed E-state index contributed by atoms with van der Waals surface area (Å²) in [5, 5.41) is 10.5. The van der Waals surface area contributed by atoms with Crippen molar-refractivity contribution < 1.29 is 9.90 Å². The zero-order chi connectivity index (χ0) is 14.1. The van der Waals surface area contributed by atoms with Gasteiger partial charge in [-0.05, 0) is 36.8 Å². The number of benzene rings is 1. The maximum atomic E-state index is 11.3. The second-order valence-corrected chi connectivity index (χ2v) is 5.86. The molecule has 0 spiro atoms. The zero-order valence-electron chi connectivity index (χ0n) is 11.9. The van der Waals surface area contributed by atoms with Gasteiger partial charge in [-0.3, -0.25) is 4.79 Å². The molecule has 0 bridgehead atoms. The lowest BCUT2D eigenvalue weighted by molar-refractivity contribution is -0.138. The summed E-state index contributed by atoms with van der Waals surface area (Å²) in [6, 6.07) is 8.64. The van der Waals surface area contributed by atoms with Crippen molar-refractivity contribution in [2.75, 3.05) is 0 Å². The number of rotatable bonds is 3. The smallest absolute Gasteiger partial charge is 0.310 e. The van der Waals surface area contributed by atoms with Crippen LogP contribution in [0, 0.1) is 0 Å². The standard InChI is InChI=1S/C17H21NO2/c1-12(17(19)20)15-9-5-6-13-10-11-18(16(13)15)14-7-3-2-4-8-14/h5-6,9-12,14H,2-4,7-8H2,1H3,(H,19,20). The maximum Gasteiger partial charge on any atom is 0.310 e. The van der Waals surface area contributed by atoms with Gasteiger partial charge in [0.25, 0.3) is 0 Å². The number of carbonyl (C=O) groups is 1. The second-order valence-electron chi connectivity index (χ2n) is 5.86. The second kappa shape index (κ2) is 5.31. The highest BCUT2D eigenvalue weighted by atomic mass is 16.4. The fourth-order valence-corrected chi connectivity index (χ4v) is 3.39. The van der Waals surface area contributed by atoms with Crippen LogP contribution in [0.5, 0.6) is 0 Å². The molecule has 0 amide bonds. The summed E-state index contributed by atoms with van der Waals surface area (Å²) in [5.41, 5.74) is 2.06. The van der Waals surface area contributed by atoms with Crippen LogP contribution in [0.15, 0.2) is 30.5 Å². The minimum atomic E-state index is -0.756. The normalized spacial score (nSPS) is 18.2. The zero-order valence-corrected chi connectivity index (χ0v) is 11.9. The highest BCUT2D eigenvalue weighted by Gasteiger charge is 2.22. The molecule has 1 aromatic carbocycles. The number of aliphatic carboxylic acids is 1. The third kappa shape index (κ3) is 2.21. The molecule has 0 aliphatic heterocycles. The average Bonchev–Trinajstić information content (AvgIpc) is 2.91. The van der Waals surface area contributed by atoms with Crippen molar-refractivity contribution in [3.05, 3.63) is 36.0 Å². The van der Waals surface area contributed by atoms with Crippen molar-refractivity contribution in [2.24, 2.45) is 0 Å². The van der Waals surface area contributed by atoms with Gasteiger partial charge in [-0.25, -0.2) is 0 Å². The van der Waals surface area contributed by atoms with E-state index in [2.05, 4.69) is 22.9 Å². The summed E-state index contributed by atoms with van der Waals surface area (Å²) in [4.78, 5) is 11.3. The van der Waals surface area contributed by atoms with Crippen LogP contribution in [0.3, 0.4) is 0 Å². The Kier molecular flexibility index (Phi) is 3.51. The number of carboxylic acids is 1. The molecular weight excluding hydrogens is 250 g/mol. The highest BCUT2D eigenvalue weighted by molar-refractivity contribution is 5.89. The summed E-state index contributed by atoms with van der Waals surface area (Å²) in [6.07, 6.45) is 8.44. The molecule has 1 aliphatic carbocycles. The van der Waals surface area contributed by atoms with Crippen LogP contribution in [0.1, 0.15) is 56.6 Å². The molecule has 20 heavy (non-hydrogen) atoms. The van der Waals surface area contributed by atoms with Crippen LogP contribution in [0.2, 0.25) is 0 Å². The highest BCUT2D eigenvalue weighted by Crippen LogP contribution is 2.34. The van der Waals surface area contributed by atoms with E-state index in [0.717, 1.165) is 16.5 Å². The third-order valence-corrected chi connectivity index (χ3v) is 4.58. The van der Waals surface area contributed by atoms with E-state index in [1.807, 2.05) is 12.1 Å². The average molecular weight is 271 g/mol. The number of para-hydroxylation sites is 1. The van der Waals surface area contributed by atoms with Gasteiger partial charge in [-0.2, -0.15) is 0 Å². The van der Waals surface area contributed by atoms with Crippen molar-refractivity contribution in [3.63, 3.8) is 0 Å². The van der Waals surface area contributed by atoms with Crippen LogP contribution in [-0.4, -0.2) is 15.6 Å². The van der Waals surface area contributed by atoms with Crippen molar-refractivity contribution in [2.45, 2.75) is 51.0 Å². The van der Waals surface area contributed by atoms with E-state index in [9.17, 15) is 9.90 Å². The number of fused-ring (bicyclic) bond motifs is 1. The molecule has 3 nitrogen and oxygen atoms in total. The first-order chi connectivity index (χ1) is 9.68. The lowest BCUT2D eigenvalue weighted by Crippen LogP contribution is -2.14. The molecule has 1 aliphatic rings. The molecule has 2 aromatic rings. The number of hydrogen-bond donors (Lipinski definition) is 1. The quantitative estimate of drug-likeness (QED) is 0.902. The Morgan fingerprint density at radius 1 is 1.25 bits per heavy atom. The van der Waals surface area contributed by atoms with Gasteiger partial charge in [0.1, 0.15) is 0 Å². The first-order valence-electron chi connectivity index (χ1n) is 7.50. The van der Waals surface area contributed by atoms with Gasteiger partial charge in [0.15, 0.2) is 0 Å². The fourth-order valence-electron chi connectivity index (χ4n) is 3.39. The van der Waals surface area contributed by atoms with Crippen molar-refractivity contribution in [1.29, 1.82) is 0 Å². The molecule has 3 rings (SSSR count). The van der Waals surface area contributed by atoms with E-state index in [0.29, 0.717) is 6.04 Å². The molecule has 3 heteroatoms. The van der Waals surface area contributed by atoms with Gasteiger partial charge >= 0.3 is 5.97 Å².